The molecule has 5 heteroatoms. The molecule has 0 saturated heterocycles. The van der Waals surface area contributed by atoms with E-state index in [0.717, 1.165) is 5.75 Å². The lowest BCUT2D eigenvalue weighted by atomic mass is 9.76. The van der Waals surface area contributed by atoms with Gasteiger partial charge in [0.1, 0.15) is 5.75 Å². The zero-order valence-corrected chi connectivity index (χ0v) is 12.3. The Labute approximate surface area is 115 Å². The molecule has 1 rings (SSSR count). The first-order valence-electron chi connectivity index (χ1n) is 6.48. The largest absolute Gasteiger partial charge is 0.494 e. The van der Waals surface area contributed by atoms with Gasteiger partial charge in [-0.15, -0.1) is 0 Å². The van der Waals surface area contributed by atoms with E-state index in [4.69, 9.17) is 9.39 Å². The number of hydrogen-bond acceptors (Lipinski definition) is 4. The van der Waals surface area contributed by atoms with Gasteiger partial charge in [-0.25, -0.2) is 0 Å². The molecule has 106 valence electrons. The first kappa shape index (κ1) is 16.0. The SMILES string of the molecule is CCOc1ccc(B(O)OC(C)(C)C(C)(C)O)cc1. The summed E-state index contributed by atoms with van der Waals surface area (Å²) >= 11 is 0. The summed E-state index contributed by atoms with van der Waals surface area (Å²) < 4.78 is 10.9. The highest BCUT2D eigenvalue weighted by molar-refractivity contribution is 6.60. The number of aliphatic hydroxyl groups is 1. The minimum atomic E-state index is -1.09. The molecule has 0 aliphatic carbocycles. The Bertz CT molecular complexity index is 395. The second-order valence-electron chi connectivity index (χ2n) is 5.54. The van der Waals surface area contributed by atoms with Crippen LogP contribution in [0.5, 0.6) is 5.75 Å². The normalized spacial score (nSPS) is 12.4. The second kappa shape index (κ2) is 5.95. The maximum absolute atomic E-state index is 10.1. The lowest BCUT2D eigenvalue weighted by Gasteiger charge is -2.38. The van der Waals surface area contributed by atoms with Crippen LogP contribution in [0.1, 0.15) is 34.6 Å². The summed E-state index contributed by atoms with van der Waals surface area (Å²) in [5, 5.41) is 20.1. The fourth-order valence-electron chi connectivity index (χ4n) is 1.39. The molecule has 1 aromatic carbocycles. The zero-order valence-electron chi connectivity index (χ0n) is 12.3. The molecule has 2 N–H and O–H groups in total. The van der Waals surface area contributed by atoms with Crippen molar-refractivity contribution in [1.82, 2.24) is 0 Å². The van der Waals surface area contributed by atoms with Gasteiger partial charge in [0.15, 0.2) is 0 Å². The predicted octanol–water partition coefficient (Wildman–Crippen LogP) is 1.34. The molecule has 0 aliphatic heterocycles. The van der Waals surface area contributed by atoms with Crippen molar-refractivity contribution in [2.75, 3.05) is 6.61 Å². The van der Waals surface area contributed by atoms with Gasteiger partial charge in [-0.2, -0.15) is 0 Å². The summed E-state index contributed by atoms with van der Waals surface area (Å²) in [6, 6.07) is 7.05. The average molecular weight is 266 g/mol. The van der Waals surface area contributed by atoms with Crippen molar-refractivity contribution in [3.63, 3.8) is 0 Å². The summed E-state index contributed by atoms with van der Waals surface area (Å²) in [6.07, 6.45) is 0. The molecule has 19 heavy (non-hydrogen) atoms. The molecule has 0 spiro atoms. The van der Waals surface area contributed by atoms with E-state index in [1.54, 1.807) is 52.0 Å². The third kappa shape index (κ3) is 4.23. The summed E-state index contributed by atoms with van der Waals surface area (Å²) in [4.78, 5) is 0. The first-order chi connectivity index (χ1) is 8.67. The Hall–Kier alpha value is -1.04. The minimum Gasteiger partial charge on any atom is -0.494 e. The fourth-order valence-corrected chi connectivity index (χ4v) is 1.39. The highest BCUT2D eigenvalue weighted by Gasteiger charge is 2.39. The third-order valence-corrected chi connectivity index (χ3v) is 3.36. The van der Waals surface area contributed by atoms with E-state index in [1.165, 1.54) is 0 Å². The van der Waals surface area contributed by atoms with Gasteiger partial charge in [-0.05, 0) is 52.2 Å². The number of benzene rings is 1. The third-order valence-electron chi connectivity index (χ3n) is 3.36. The van der Waals surface area contributed by atoms with Crippen molar-refractivity contribution in [2.45, 2.75) is 45.8 Å². The monoisotopic (exact) mass is 266 g/mol. The molecule has 0 bridgehead atoms. The van der Waals surface area contributed by atoms with Gasteiger partial charge in [0.2, 0.25) is 0 Å². The smallest absolute Gasteiger partial charge is 0.491 e. The Morgan fingerprint density at radius 3 is 2.05 bits per heavy atom. The van der Waals surface area contributed by atoms with Gasteiger partial charge in [0.25, 0.3) is 0 Å². The van der Waals surface area contributed by atoms with Crippen LogP contribution in [0.2, 0.25) is 0 Å². The lowest BCUT2D eigenvalue weighted by Crippen LogP contribution is -2.53. The summed E-state index contributed by atoms with van der Waals surface area (Å²) in [5.74, 6) is 0.750. The first-order valence-corrected chi connectivity index (χ1v) is 6.48. The molecule has 0 saturated carbocycles. The van der Waals surface area contributed by atoms with Gasteiger partial charge >= 0.3 is 7.12 Å². The standard InChI is InChI=1S/C14H23BO4/c1-6-18-12-9-7-11(8-10-12)15(17)19-14(4,5)13(2,3)16/h7-10,16-17H,6H2,1-5H3. The minimum absolute atomic E-state index is 0.601. The van der Waals surface area contributed by atoms with Gasteiger partial charge in [0.05, 0.1) is 17.8 Å². The number of ether oxygens (including phenoxy) is 1. The second-order valence-corrected chi connectivity index (χ2v) is 5.54. The van der Waals surface area contributed by atoms with Crippen LogP contribution in [0.25, 0.3) is 0 Å². The summed E-state index contributed by atoms with van der Waals surface area (Å²) in [5.41, 5.74) is -1.30. The van der Waals surface area contributed by atoms with Crippen LogP contribution in [-0.4, -0.2) is 35.1 Å². The Balaban J connectivity index is 2.75. The van der Waals surface area contributed by atoms with Crippen LogP contribution in [0.3, 0.4) is 0 Å². The van der Waals surface area contributed by atoms with E-state index in [1.807, 2.05) is 6.92 Å². The Kier molecular flexibility index (Phi) is 5.01. The summed E-state index contributed by atoms with van der Waals surface area (Å²) in [7, 11) is -1.09. The molecular weight excluding hydrogens is 243 g/mol. The van der Waals surface area contributed by atoms with E-state index >= 15 is 0 Å². The average Bonchev–Trinajstić information content (AvgIpc) is 2.28. The highest BCUT2D eigenvalue weighted by Crippen LogP contribution is 2.25. The van der Waals surface area contributed by atoms with Crippen molar-refractivity contribution < 1.29 is 19.5 Å². The number of hydrogen-bond donors (Lipinski definition) is 2. The molecule has 0 amide bonds. The van der Waals surface area contributed by atoms with E-state index in [-0.39, 0.29) is 0 Å². The van der Waals surface area contributed by atoms with Gasteiger partial charge in [-0.1, -0.05) is 12.1 Å². The van der Waals surface area contributed by atoms with E-state index in [0.29, 0.717) is 12.1 Å². The van der Waals surface area contributed by atoms with Crippen molar-refractivity contribution in [3.05, 3.63) is 24.3 Å². The molecule has 0 radical (unpaired) electrons. The Morgan fingerprint density at radius 2 is 1.63 bits per heavy atom. The quantitative estimate of drug-likeness (QED) is 0.763. The van der Waals surface area contributed by atoms with Gasteiger partial charge in [0, 0.05) is 0 Å². The van der Waals surface area contributed by atoms with Gasteiger partial charge in [-0.3, -0.25) is 0 Å². The maximum Gasteiger partial charge on any atom is 0.491 e. The van der Waals surface area contributed by atoms with Crippen LogP contribution in [0.4, 0.5) is 0 Å². The molecule has 0 atom stereocenters. The van der Waals surface area contributed by atoms with E-state index < -0.39 is 18.3 Å². The van der Waals surface area contributed by atoms with Crippen LogP contribution >= 0.6 is 0 Å². The van der Waals surface area contributed by atoms with Crippen LogP contribution in [-0.2, 0) is 4.65 Å². The number of rotatable bonds is 6. The van der Waals surface area contributed by atoms with E-state index in [2.05, 4.69) is 0 Å². The molecule has 0 unspecified atom stereocenters. The molecule has 0 aromatic heterocycles. The van der Waals surface area contributed by atoms with Gasteiger partial charge < -0.3 is 19.5 Å². The van der Waals surface area contributed by atoms with Crippen LogP contribution in [0.15, 0.2) is 24.3 Å². The molecule has 0 aliphatic rings. The van der Waals surface area contributed by atoms with Crippen molar-refractivity contribution in [1.29, 1.82) is 0 Å². The molecule has 0 fully saturated rings. The van der Waals surface area contributed by atoms with Crippen molar-refractivity contribution >= 4 is 12.6 Å². The van der Waals surface area contributed by atoms with Crippen LogP contribution in [0, 0.1) is 0 Å². The zero-order chi connectivity index (χ0) is 14.7. The molecule has 4 nitrogen and oxygen atoms in total. The fraction of sp³-hybridized carbons (Fsp3) is 0.571. The summed E-state index contributed by atoms with van der Waals surface area (Å²) in [6.45, 7) is 9.30. The molecular formula is C14H23BO4. The molecule has 1 aromatic rings. The topological polar surface area (TPSA) is 58.9 Å². The van der Waals surface area contributed by atoms with Crippen molar-refractivity contribution in [2.24, 2.45) is 0 Å². The van der Waals surface area contributed by atoms with Crippen LogP contribution < -0.4 is 10.2 Å². The van der Waals surface area contributed by atoms with Crippen molar-refractivity contribution in [3.8, 4) is 5.75 Å². The molecule has 0 heterocycles. The van der Waals surface area contributed by atoms with E-state index in [9.17, 15) is 10.1 Å². The lowest BCUT2D eigenvalue weighted by molar-refractivity contribution is -0.0982. The highest BCUT2D eigenvalue weighted by atomic mass is 16.5. The predicted molar refractivity (Wildman–Crippen MR) is 76.7 cm³/mol. The Morgan fingerprint density at radius 1 is 1.11 bits per heavy atom. The maximum atomic E-state index is 10.1.